The van der Waals surface area contributed by atoms with E-state index in [1.807, 2.05) is 0 Å². The van der Waals surface area contributed by atoms with Crippen molar-refractivity contribution in [1.29, 1.82) is 0 Å². The fourth-order valence-electron chi connectivity index (χ4n) is 2.60. The second-order valence-corrected chi connectivity index (χ2v) is 5.27. The van der Waals surface area contributed by atoms with Crippen molar-refractivity contribution in [2.24, 2.45) is 0 Å². The van der Waals surface area contributed by atoms with E-state index in [9.17, 15) is 0 Å². The SMILES string of the molecule is CCCCCCC[N+]1(C)CCCCC1.[I-]. The van der Waals surface area contributed by atoms with E-state index < -0.39 is 0 Å². The summed E-state index contributed by atoms with van der Waals surface area (Å²) in [6.45, 7) is 6.60. The van der Waals surface area contributed by atoms with E-state index in [-0.39, 0.29) is 24.0 Å². The van der Waals surface area contributed by atoms with Crippen LogP contribution in [0.5, 0.6) is 0 Å². The number of halogens is 1. The average molecular weight is 325 g/mol. The van der Waals surface area contributed by atoms with E-state index in [4.69, 9.17) is 0 Å². The Morgan fingerprint density at radius 2 is 1.47 bits per heavy atom. The summed E-state index contributed by atoms with van der Waals surface area (Å²) in [6, 6.07) is 0. The highest BCUT2D eigenvalue weighted by molar-refractivity contribution is 4.52. The molecule has 1 aliphatic rings. The molecule has 0 N–H and O–H groups in total. The highest BCUT2D eigenvalue weighted by Gasteiger charge is 2.23. The topological polar surface area (TPSA) is 0 Å². The quantitative estimate of drug-likeness (QED) is 0.381. The third-order valence-corrected chi connectivity index (χ3v) is 3.70. The number of hydrogen-bond acceptors (Lipinski definition) is 0. The summed E-state index contributed by atoms with van der Waals surface area (Å²) in [4.78, 5) is 0. The van der Waals surface area contributed by atoms with Gasteiger partial charge in [0.25, 0.3) is 0 Å². The van der Waals surface area contributed by atoms with Crippen LogP contribution in [0, 0.1) is 0 Å². The third kappa shape index (κ3) is 6.77. The van der Waals surface area contributed by atoms with Gasteiger partial charge in [0.05, 0.1) is 26.7 Å². The molecular weight excluding hydrogens is 297 g/mol. The summed E-state index contributed by atoms with van der Waals surface area (Å²) < 4.78 is 1.37. The lowest BCUT2D eigenvalue weighted by atomic mass is 10.1. The highest BCUT2D eigenvalue weighted by Crippen LogP contribution is 2.17. The van der Waals surface area contributed by atoms with E-state index in [2.05, 4.69) is 14.0 Å². The number of rotatable bonds is 6. The summed E-state index contributed by atoms with van der Waals surface area (Å²) >= 11 is 0. The van der Waals surface area contributed by atoms with Gasteiger partial charge >= 0.3 is 0 Å². The van der Waals surface area contributed by atoms with Gasteiger partial charge in [0, 0.05) is 0 Å². The van der Waals surface area contributed by atoms with Crippen molar-refractivity contribution in [3.05, 3.63) is 0 Å². The van der Waals surface area contributed by atoms with E-state index in [1.54, 1.807) is 0 Å². The standard InChI is InChI=1S/C13H28N.HI/c1-3-4-5-6-8-11-14(2)12-9-7-10-13-14;/h3-13H2,1-2H3;1H/q+1;/p-1. The van der Waals surface area contributed by atoms with Crippen molar-refractivity contribution >= 4 is 0 Å². The zero-order chi connectivity index (χ0) is 10.3. The predicted molar refractivity (Wildman–Crippen MR) is 63.4 cm³/mol. The molecule has 1 aliphatic heterocycles. The molecule has 0 bridgehead atoms. The molecule has 1 heterocycles. The van der Waals surface area contributed by atoms with Crippen molar-refractivity contribution in [1.82, 2.24) is 0 Å². The number of quaternary nitrogens is 1. The van der Waals surface area contributed by atoms with Gasteiger partial charge in [0.2, 0.25) is 0 Å². The van der Waals surface area contributed by atoms with Crippen LogP contribution in [0.2, 0.25) is 0 Å². The Balaban J connectivity index is 0.00000196. The average Bonchev–Trinajstić information content (AvgIpc) is 2.18. The smallest absolute Gasteiger partial charge is 0.0784 e. The van der Waals surface area contributed by atoms with Crippen molar-refractivity contribution in [3.63, 3.8) is 0 Å². The molecule has 0 amide bonds. The largest absolute Gasteiger partial charge is 1.00 e. The molecule has 1 nitrogen and oxygen atoms in total. The Labute approximate surface area is 113 Å². The van der Waals surface area contributed by atoms with Crippen LogP contribution in [-0.2, 0) is 0 Å². The Hall–Kier alpha value is 0.690. The molecule has 1 rings (SSSR count). The molecule has 0 radical (unpaired) electrons. The Kier molecular flexibility index (Phi) is 9.20. The van der Waals surface area contributed by atoms with E-state index in [0.717, 1.165) is 0 Å². The Morgan fingerprint density at radius 3 is 2.07 bits per heavy atom. The number of nitrogens with zero attached hydrogens (tertiary/aromatic N) is 1. The van der Waals surface area contributed by atoms with Gasteiger partial charge in [-0.1, -0.05) is 26.2 Å². The molecule has 0 aliphatic carbocycles. The summed E-state index contributed by atoms with van der Waals surface area (Å²) in [7, 11) is 2.46. The molecular formula is C13H28IN. The molecule has 1 fully saturated rings. The van der Waals surface area contributed by atoms with Crippen molar-refractivity contribution in [3.8, 4) is 0 Å². The van der Waals surface area contributed by atoms with Crippen molar-refractivity contribution in [2.45, 2.75) is 58.3 Å². The van der Waals surface area contributed by atoms with E-state index in [0.29, 0.717) is 0 Å². The summed E-state index contributed by atoms with van der Waals surface area (Å²) in [5.74, 6) is 0. The normalized spacial score (nSPS) is 19.6. The van der Waals surface area contributed by atoms with Crippen LogP contribution in [0.4, 0.5) is 0 Å². The fourth-order valence-corrected chi connectivity index (χ4v) is 2.60. The predicted octanol–water partition coefficient (Wildman–Crippen LogP) is 0.591. The lowest BCUT2D eigenvalue weighted by Gasteiger charge is -2.37. The molecule has 0 saturated carbocycles. The first-order valence-electron chi connectivity index (χ1n) is 6.60. The van der Waals surface area contributed by atoms with Gasteiger partial charge in [0.1, 0.15) is 0 Å². The third-order valence-electron chi connectivity index (χ3n) is 3.70. The molecule has 0 aromatic heterocycles. The molecule has 0 atom stereocenters. The molecule has 0 aromatic carbocycles. The first-order chi connectivity index (χ1) is 6.77. The highest BCUT2D eigenvalue weighted by atomic mass is 127. The Morgan fingerprint density at radius 1 is 0.867 bits per heavy atom. The first-order valence-corrected chi connectivity index (χ1v) is 6.60. The minimum absolute atomic E-state index is 0. The van der Waals surface area contributed by atoms with Gasteiger partial charge in [-0.3, -0.25) is 0 Å². The maximum Gasteiger partial charge on any atom is 0.0784 e. The second kappa shape index (κ2) is 8.80. The maximum absolute atomic E-state index is 2.46. The summed E-state index contributed by atoms with van der Waals surface area (Å²) in [6.07, 6.45) is 11.6. The lowest BCUT2D eigenvalue weighted by molar-refractivity contribution is -0.914. The molecule has 92 valence electrons. The molecule has 15 heavy (non-hydrogen) atoms. The van der Waals surface area contributed by atoms with Gasteiger partial charge in [-0.05, 0) is 32.1 Å². The van der Waals surface area contributed by atoms with Gasteiger partial charge in [-0.15, -0.1) is 0 Å². The zero-order valence-corrected chi connectivity index (χ0v) is 12.8. The minimum atomic E-state index is 0. The number of likely N-dealkylation sites (tertiary alicyclic amines) is 1. The lowest BCUT2D eigenvalue weighted by Crippen LogP contribution is -3.00. The second-order valence-electron chi connectivity index (χ2n) is 5.27. The van der Waals surface area contributed by atoms with Crippen LogP contribution in [0.25, 0.3) is 0 Å². The Bertz CT molecular complexity index is 141. The van der Waals surface area contributed by atoms with Crippen molar-refractivity contribution in [2.75, 3.05) is 26.7 Å². The first kappa shape index (κ1) is 15.7. The van der Waals surface area contributed by atoms with Crippen molar-refractivity contribution < 1.29 is 28.5 Å². The summed E-state index contributed by atoms with van der Waals surface area (Å²) in [5, 5.41) is 0. The number of unbranched alkanes of at least 4 members (excludes halogenated alkanes) is 4. The van der Waals surface area contributed by atoms with Gasteiger partial charge in [-0.25, -0.2) is 0 Å². The van der Waals surface area contributed by atoms with Crippen LogP contribution in [-0.4, -0.2) is 31.2 Å². The van der Waals surface area contributed by atoms with Crippen LogP contribution >= 0.6 is 0 Å². The van der Waals surface area contributed by atoms with E-state index >= 15 is 0 Å². The fraction of sp³-hybridized carbons (Fsp3) is 1.00. The van der Waals surface area contributed by atoms with Gasteiger partial charge in [-0.2, -0.15) is 0 Å². The van der Waals surface area contributed by atoms with Gasteiger partial charge in [0.15, 0.2) is 0 Å². The zero-order valence-electron chi connectivity index (χ0n) is 10.6. The van der Waals surface area contributed by atoms with Crippen LogP contribution in [0.15, 0.2) is 0 Å². The van der Waals surface area contributed by atoms with Gasteiger partial charge < -0.3 is 28.5 Å². The summed E-state index contributed by atoms with van der Waals surface area (Å²) in [5.41, 5.74) is 0. The number of piperidine rings is 1. The molecule has 2 heteroatoms. The van der Waals surface area contributed by atoms with E-state index in [1.165, 1.54) is 75.5 Å². The number of hydrogen-bond donors (Lipinski definition) is 0. The monoisotopic (exact) mass is 325 g/mol. The van der Waals surface area contributed by atoms with Crippen LogP contribution < -0.4 is 24.0 Å². The molecule has 1 saturated heterocycles. The minimum Gasteiger partial charge on any atom is -1.00 e. The molecule has 0 spiro atoms. The maximum atomic E-state index is 2.46. The molecule has 0 aromatic rings. The van der Waals surface area contributed by atoms with Crippen LogP contribution in [0.1, 0.15) is 58.3 Å². The van der Waals surface area contributed by atoms with Crippen LogP contribution in [0.3, 0.4) is 0 Å². The molecule has 0 unspecified atom stereocenters.